The molecule has 0 fully saturated rings. The molecular weight excluding hydrogens is 384 g/mol. The van der Waals surface area contributed by atoms with Crippen LogP contribution in [0.3, 0.4) is 0 Å². The molecule has 0 aliphatic rings. The first-order chi connectivity index (χ1) is 10.7. The molecule has 0 aliphatic carbocycles. The Morgan fingerprint density at radius 3 is 2.52 bits per heavy atom. The highest BCUT2D eigenvalue weighted by atomic mass is 79.9. The highest BCUT2D eigenvalue weighted by Gasteiger charge is 2.04. The van der Waals surface area contributed by atoms with E-state index in [-0.39, 0.29) is 0 Å². The molecule has 0 radical (unpaired) electrons. The number of primary amides is 1. The first-order valence-corrected chi connectivity index (χ1v) is 8.60. The Labute approximate surface area is 142 Å². The van der Waals surface area contributed by atoms with Crippen molar-refractivity contribution in [1.29, 1.82) is 0 Å². The maximum absolute atomic E-state index is 10.7. The Hall–Kier alpha value is -2.03. The number of nitrogens with two attached hydrogens (primary N) is 1. The van der Waals surface area contributed by atoms with Crippen LogP contribution >= 0.6 is 15.9 Å². The summed E-state index contributed by atoms with van der Waals surface area (Å²) in [5.74, 6) is -0.406. The molecule has 0 aliphatic heterocycles. The van der Waals surface area contributed by atoms with Crippen molar-refractivity contribution in [2.75, 3.05) is 0 Å². The van der Waals surface area contributed by atoms with Crippen LogP contribution in [0.5, 0.6) is 0 Å². The lowest BCUT2D eigenvalue weighted by atomic mass is 10.1. The van der Waals surface area contributed by atoms with Gasteiger partial charge in [-0.05, 0) is 58.3 Å². The Bertz CT molecular complexity index is 805. The molecule has 2 aromatic rings. The van der Waals surface area contributed by atoms with E-state index < -0.39 is 16.0 Å². The van der Waals surface area contributed by atoms with Crippen molar-refractivity contribution in [1.82, 2.24) is 4.98 Å². The average Bonchev–Trinajstić information content (AvgIpc) is 2.46. The van der Waals surface area contributed by atoms with Gasteiger partial charge in [-0.15, -0.1) is 0 Å². The summed E-state index contributed by atoms with van der Waals surface area (Å²) >= 11 is 3.25. The van der Waals surface area contributed by atoms with E-state index in [1.54, 1.807) is 24.4 Å². The highest BCUT2D eigenvalue weighted by Crippen LogP contribution is 2.17. The fraction of sp³-hybridized carbons (Fsp3) is 0.0667. The number of amides is 1. The topological polar surface area (TPSA) is 110 Å². The van der Waals surface area contributed by atoms with Crippen LogP contribution in [-0.2, 0) is 10.1 Å². The number of rotatable bonds is 3. The van der Waals surface area contributed by atoms with Crippen molar-refractivity contribution in [3.05, 3.63) is 69.3 Å². The second-order valence-electron chi connectivity index (χ2n) is 4.45. The molecule has 1 heterocycles. The van der Waals surface area contributed by atoms with E-state index in [0.29, 0.717) is 16.5 Å². The molecule has 122 valence electrons. The third-order valence-corrected chi connectivity index (χ3v) is 3.64. The zero-order chi connectivity index (χ0) is 17.5. The summed E-state index contributed by atoms with van der Waals surface area (Å²) in [6.07, 6.45) is 4.33. The number of benzene rings is 1. The van der Waals surface area contributed by atoms with Crippen LogP contribution < -0.4 is 5.73 Å². The van der Waals surface area contributed by atoms with Gasteiger partial charge in [0.1, 0.15) is 0 Å². The molecule has 3 N–H and O–H groups in total. The maximum Gasteiger partial charge on any atom is 0.287 e. The van der Waals surface area contributed by atoms with E-state index in [1.165, 1.54) is 12.3 Å². The number of aromatic nitrogens is 1. The summed E-state index contributed by atoms with van der Waals surface area (Å²) in [6.45, 7) is 1.95. The Balaban J connectivity index is 0.000000231. The number of pyridine rings is 1. The lowest BCUT2D eigenvalue weighted by Crippen LogP contribution is -2.11. The monoisotopic (exact) mass is 398 g/mol. The summed E-state index contributed by atoms with van der Waals surface area (Å²) in [5, 5.41) is 0.712. The van der Waals surface area contributed by atoms with Crippen LogP contribution in [0, 0.1) is 6.92 Å². The number of nitrogens with zero attached hydrogens (tertiary/aromatic N) is 1. The molecule has 0 bridgehead atoms. The third-order valence-electron chi connectivity index (χ3n) is 2.51. The maximum atomic E-state index is 10.7. The van der Waals surface area contributed by atoms with Crippen LogP contribution in [0.1, 0.15) is 21.5 Å². The van der Waals surface area contributed by atoms with Gasteiger partial charge in [0.15, 0.2) is 0 Å². The van der Waals surface area contributed by atoms with E-state index in [4.69, 9.17) is 10.3 Å². The van der Waals surface area contributed by atoms with Crippen LogP contribution in [0.2, 0.25) is 0 Å². The van der Waals surface area contributed by atoms with E-state index in [0.717, 1.165) is 10.0 Å². The molecule has 8 heteroatoms. The molecule has 1 amide bonds. The van der Waals surface area contributed by atoms with Crippen molar-refractivity contribution in [3.63, 3.8) is 0 Å². The van der Waals surface area contributed by atoms with Gasteiger partial charge < -0.3 is 5.73 Å². The van der Waals surface area contributed by atoms with Gasteiger partial charge in [-0.3, -0.25) is 14.3 Å². The largest absolute Gasteiger partial charge is 0.366 e. The zero-order valence-electron chi connectivity index (χ0n) is 12.2. The molecule has 0 atom stereocenters. The van der Waals surface area contributed by atoms with Crippen LogP contribution in [-0.4, -0.2) is 23.9 Å². The van der Waals surface area contributed by atoms with Crippen LogP contribution in [0.4, 0.5) is 0 Å². The van der Waals surface area contributed by atoms with Gasteiger partial charge in [-0.25, -0.2) is 0 Å². The number of carbonyl (C=O) groups excluding carboxylic acids is 1. The summed E-state index contributed by atoms with van der Waals surface area (Å²) in [7, 11) is -4.03. The fourth-order valence-electron chi connectivity index (χ4n) is 1.46. The summed E-state index contributed by atoms with van der Waals surface area (Å²) in [5.41, 5.74) is 7.34. The van der Waals surface area contributed by atoms with Gasteiger partial charge in [0, 0.05) is 16.9 Å². The van der Waals surface area contributed by atoms with Crippen molar-refractivity contribution < 1.29 is 17.8 Å². The first kappa shape index (κ1) is 19.0. The minimum atomic E-state index is -4.03. The SMILES string of the molecule is Cc1ccc(C(N)=O)c(Br)c1.O=S(=O)(O)/C=C/c1cccnc1. The van der Waals surface area contributed by atoms with Gasteiger partial charge in [0.05, 0.1) is 11.0 Å². The van der Waals surface area contributed by atoms with Gasteiger partial charge in [0.2, 0.25) is 5.91 Å². The second kappa shape index (κ2) is 8.56. The summed E-state index contributed by atoms with van der Waals surface area (Å²) in [6, 6.07) is 8.77. The number of aryl methyl sites for hydroxylation is 1. The lowest BCUT2D eigenvalue weighted by Gasteiger charge is -1.99. The molecule has 6 nitrogen and oxygen atoms in total. The van der Waals surface area contributed by atoms with Gasteiger partial charge in [-0.2, -0.15) is 8.42 Å². The summed E-state index contributed by atoms with van der Waals surface area (Å²) < 4.78 is 29.6. The smallest absolute Gasteiger partial charge is 0.287 e. The quantitative estimate of drug-likeness (QED) is 0.772. The molecule has 2 rings (SSSR count). The van der Waals surface area contributed by atoms with Crippen LogP contribution in [0.25, 0.3) is 6.08 Å². The molecular formula is C15H15BrN2O4S. The minimum absolute atomic E-state index is 0.406. The van der Waals surface area contributed by atoms with Crippen molar-refractivity contribution >= 4 is 38.0 Å². The molecule has 0 spiro atoms. The van der Waals surface area contributed by atoms with Gasteiger partial charge >= 0.3 is 0 Å². The van der Waals surface area contributed by atoms with Crippen molar-refractivity contribution in [2.45, 2.75) is 6.92 Å². The fourth-order valence-corrected chi connectivity index (χ4v) is 2.48. The summed E-state index contributed by atoms with van der Waals surface area (Å²) in [4.78, 5) is 14.5. The Morgan fingerprint density at radius 2 is 2.04 bits per heavy atom. The molecule has 1 aromatic heterocycles. The molecule has 23 heavy (non-hydrogen) atoms. The number of hydrogen-bond donors (Lipinski definition) is 2. The molecule has 0 unspecified atom stereocenters. The minimum Gasteiger partial charge on any atom is -0.366 e. The van der Waals surface area contributed by atoms with Gasteiger partial charge in [0.25, 0.3) is 10.1 Å². The lowest BCUT2D eigenvalue weighted by molar-refractivity contribution is 0.0999. The van der Waals surface area contributed by atoms with Crippen LogP contribution in [0.15, 0.2) is 52.6 Å². The standard InChI is InChI=1S/C8H8BrNO.C7H7NO3S/c1-5-2-3-6(8(10)11)7(9)4-5;9-12(10,11)5-3-7-2-1-4-8-6-7/h2-4H,1H3,(H2,10,11);1-6H,(H,9,10,11)/b;5-3+. The normalized spacial score (nSPS) is 10.9. The Kier molecular flexibility index (Phi) is 7.08. The zero-order valence-corrected chi connectivity index (χ0v) is 14.6. The van der Waals surface area contributed by atoms with Crippen molar-refractivity contribution in [3.8, 4) is 0 Å². The number of carbonyl (C=O) groups is 1. The van der Waals surface area contributed by atoms with E-state index in [9.17, 15) is 13.2 Å². The number of halogens is 1. The first-order valence-electron chi connectivity index (χ1n) is 6.30. The van der Waals surface area contributed by atoms with E-state index in [2.05, 4.69) is 20.9 Å². The van der Waals surface area contributed by atoms with E-state index in [1.807, 2.05) is 19.1 Å². The second-order valence-corrected chi connectivity index (χ2v) is 6.61. The predicted octanol–water partition coefficient (Wildman–Crippen LogP) is 2.80. The molecule has 1 aromatic carbocycles. The highest BCUT2D eigenvalue weighted by molar-refractivity contribution is 9.10. The molecule has 0 saturated heterocycles. The third kappa shape index (κ3) is 7.68. The van der Waals surface area contributed by atoms with Crippen molar-refractivity contribution in [2.24, 2.45) is 5.73 Å². The predicted molar refractivity (Wildman–Crippen MR) is 92.2 cm³/mol. The average molecular weight is 399 g/mol. The van der Waals surface area contributed by atoms with Gasteiger partial charge in [-0.1, -0.05) is 12.1 Å². The molecule has 0 saturated carbocycles. The Morgan fingerprint density at radius 1 is 1.35 bits per heavy atom. The number of hydrogen-bond acceptors (Lipinski definition) is 4. The van der Waals surface area contributed by atoms with E-state index >= 15 is 0 Å².